The van der Waals surface area contributed by atoms with Gasteiger partial charge in [-0.1, -0.05) is 24.3 Å². The van der Waals surface area contributed by atoms with E-state index in [-0.39, 0.29) is 6.03 Å². The third-order valence-electron chi connectivity index (χ3n) is 4.42. The molecular formula is C23H21N3O2S. The van der Waals surface area contributed by atoms with Crippen molar-refractivity contribution in [1.82, 2.24) is 4.98 Å². The van der Waals surface area contributed by atoms with Crippen LogP contribution in [0.25, 0.3) is 10.2 Å². The van der Waals surface area contributed by atoms with E-state index >= 15 is 0 Å². The predicted molar refractivity (Wildman–Crippen MR) is 119 cm³/mol. The molecule has 4 rings (SSSR count). The number of nitrogens with one attached hydrogen (secondary N) is 2. The van der Waals surface area contributed by atoms with Crippen molar-refractivity contribution in [2.24, 2.45) is 0 Å². The summed E-state index contributed by atoms with van der Waals surface area (Å²) in [6.45, 7) is 4.34. The molecule has 0 radical (unpaired) electrons. The second-order valence-corrected chi connectivity index (χ2v) is 7.90. The van der Waals surface area contributed by atoms with Crippen molar-refractivity contribution in [1.29, 1.82) is 0 Å². The molecule has 2 amide bonds. The van der Waals surface area contributed by atoms with Crippen LogP contribution in [0.5, 0.6) is 5.75 Å². The van der Waals surface area contributed by atoms with Crippen LogP contribution in [0.4, 0.5) is 16.2 Å². The lowest BCUT2D eigenvalue weighted by molar-refractivity contribution is 0.262. The number of hydrogen-bond donors (Lipinski definition) is 2. The zero-order chi connectivity index (χ0) is 20.2. The van der Waals surface area contributed by atoms with Gasteiger partial charge in [-0.2, -0.15) is 0 Å². The molecule has 1 aromatic heterocycles. The van der Waals surface area contributed by atoms with Crippen LogP contribution in [-0.4, -0.2) is 11.0 Å². The second kappa shape index (κ2) is 8.32. The van der Waals surface area contributed by atoms with Crippen LogP contribution >= 0.6 is 11.3 Å². The van der Waals surface area contributed by atoms with Crippen molar-refractivity contribution >= 4 is 39.0 Å². The molecule has 0 spiro atoms. The minimum Gasteiger partial charge on any atom is -0.486 e. The Hall–Kier alpha value is -3.38. The first kappa shape index (κ1) is 19.0. The molecule has 0 atom stereocenters. The molecule has 0 saturated carbocycles. The second-order valence-electron chi connectivity index (χ2n) is 6.79. The number of hydrogen-bond acceptors (Lipinski definition) is 4. The molecule has 0 fully saturated rings. The molecule has 29 heavy (non-hydrogen) atoms. The maximum atomic E-state index is 12.3. The first-order valence-corrected chi connectivity index (χ1v) is 10.1. The van der Waals surface area contributed by atoms with Crippen molar-refractivity contribution in [2.75, 3.05) is 10.6 Å². The van der Waals surface area contributed by atoms with Gasteiger partial charge in [0.2, 0.25) is 0 Å². The Balaban J connectivity index is 1.37. The lowest BCUT2D eigenvalue weighted by Crippen LogP contribution is -2.20. The fraction of sp³-hybridized carbons (Fsp3) is 0.130. The molecule has 1 heterocycles. The number of carbonyl (C=O) groups excluding carboxylic acids is 1. The molecule has 0 aliphatic heterocycles. The van der Waals surface area contributed by atoms with E-state index in [1.54, 1.807) is 11.3 Å². The van der Waals surface area contributed by atoms with Gasteiger partial charge in [0.15, 0.2) is 0 Å². The highest BCUT2D eigenvalue weighted by molar-refractivity contribution is 7.18. The van der Waals surface area contributed by atoms with Crippen molar-refractivity contribution in [3.05, 3.63) is 82.9 Å². The maximum absolute atomic E-state index is 12.3. The van der Waals surface area contributed by atoms with Gasteiger partial charge in [0.05, 0.1) is 10.2 Å². The predicted octanol–water partition coefficient (Wildman–Crippen LogP) is 6.14. The number of rotatable bonds is 5. The maximum Gasteiger partial charge on any atom is 0.323 e. The van der Waals surface area contributed by atoms with Gasteiger partial charge in [-0.25, -0.2) is 9.78 Å². The summed E-state index contributed by atoms with van der Waals surface area (Å²) in [4.78, 5) is 16.8. The summed E-state index contributed by atoms with van der Waals surface area (Å²) in [5, 5.41) is 6.66. The summed E-state index contributed by atoms with van der Waals surface area (Å²) in [6.07, 6.45) is 0. The van der Waals surface area contributed by atoms with Gasteiger partial charge in [0.1, 0.15) is 17.4 Å². The lowest BCUT2D eigenvalue weighted by Gasteiger charge is -2.12. The highest BCUT2D eigenvalue weighted by atomic mass is 32.1. The van der Waals surface area contributed by atoms with Gasteiger partial charge in [0.25, 0.3) is 0 Å². The number of carbonyl (C=O) groups is 1. The summed E-state index contributed by atoms with van der Waals surface area (Å²) in [6, 6.07) is 21.1. The van der Waals surface area contributed by atoms with Gasteiger partial charge in [-0.3, -0.25) is 0 Å². The molecule has 146 valence electrons. The normalized spacial score (nSPS) is 10.7. The third kappa shape index (κ3) is 4.73. The van der Waals surface area contributed by atoms with E-state index in [1.165, 1.54) is 0 Å². The van der Waals surface area contributed by atoms with E-state index in [9.17, 15) is 4.79 Å². The number of amides is 2. The molecule has 0 unspecified atom stereocenters. The monoisotopic (exact) mass is 403 g/mol. The number of fused-ring (bicyclic) bond motifs is 1. The number of ether oxygens (including phenoxy) is 1. The van der Waals surface area contributed by atoms with Gasteiger partial charge < -0.3 is 15.4 Å². The minimum absolute atomic E-state index is 0.276. The Kier molecular flexibility index (Phi) is 5.44. The van der Waals surface area contributed by atoms with Crippen molar-refractivity contribution in [2.45, 2.75) is 20.5 Å². The van der Waals surface area contributed by atoms with E-state index < -0.39 is 0 Å². The number of aryl methyl sites for hydroxylation is 2. The Morgan fingerprint density at radius 2 is 1.86 bits per heavy atom. The first-order chi connectivity index (χ1) is 14.1. The molecule has 2 N–H and O–H groups in total. The third-order valence-corrected chi connectivity index (χ3v) is 5.43. The molecular weight excluding hydrogens is 382 g/mol. The number of para-hydroxylation sites is 1. The van der Waals surface area contributed by atoms with Crippen LogP contribution in [0.15, 0.2) is 66.7 Å². The van der Waals surface area contributed by atoms with E-state index in [4.69, 9.17) is 4.74 Å². The number of anilines is 2. The van der Waals surface area contributed by atoms with Crippen LogP contribution in [0.2, 0.25) is 0 Å². The van der Waals surface area contributed by atoms with E-state index in [1.807, 2.05) is 74.5 Å². The quantitative estimate of drug-likeness (QED) is 0.421. The van der Waals surface area contributed by atoms with Crippen molar-refractivity contribution in [3.63, 3.8) is 0 Å². The summed E-state index contributed by atoms with van der Waals surface area (Å²) in [5.74, 6) is 0.742. The SMILES string of the molecule is Cc1cccc(NC(=O)Nc2ccc(OCc3nc4ccccc4s3)cc2C)c1. The van der Waals surface area contributed by atoms with E-state index in [2.05, 4.69) is 21.7 Å². The zero-order valence-electron chi connectivity index (χ0n) is 16.2. The molecule has 0 aliphatic rings. The Bertz CT molecular complexity index is 1140. The molecule has 0 aliphatic carbocycles. The highest BCUT2D eigenvalue weighted by Crippen LogP contribution is 2.25. The summed E-state index contributed by atoms with van der Waals surface area (Å²) in [7, 11) is 0. The minimum atomic E-state index is -0.276. The number of nitrogens with zero attached hydrogens (tertiary/aromatic N) is 1. The number of urea groups is 1. The van der Waals surface area contributed by atoms with Gasteiger partial charge in [0, 0.05) is 11.4 Å². The van der Waals surface area contributed by atoms with Crippen LogP contribution in [-0.2, 0) is 6.61 Å². The lowest BCUT2D eigenvalue weighted by atomic mass is 10.2. The first-order valence-electron chi connectivity index (χ1n) is 9.29. The fourth-order valence-electron chi connectivity index (χ4n) is 3.00. The van der Waals surface area contributed by atoms with Gasteiger partial charge >= 0.3 is 6.03 Å². The Morgan fingerprint density at radius 1 is 1.00 bits per heavy atom. The smallest absolute Gasteiger partial charge is 0.323 e. The Labute approximate surface area is 173 Å². The average Bonchev–Trinajstić information content (AvgIpc) is 3.11. The standard InChI is InChI=1S/C23H21N3O2S/c1-15-6-5-7-17(12-15)24-23(27)26-19-11-10-18(13-16(19)2)28-14-22-25-20-8-3-4-9-21(20)29-22/h3-13H,14H2,1-2H3,(H2,24,26,27). The van der Waals surface area contributed by atoms with Crippen LogP contribution in [0.1, 0.15) is 16.1 Å². The fourth-order valence-corrected chi connectivity index (χ4v) is 3.88. The van der Waals surface area contributed by atoms with Gasteiger partial charge in [-0.15, -0.1) is 11.3 Å². The summed E-state index contributed by atoms with van der Waals surface area (Å²) < 4.78 is 7.04. The molecule has 0 bridgehead atoms. The number of benzene rings is 3. The molecule has 3 aromatic carbocycles. The number of thiazole rings is 1. The Morgan fingerprint density at radius 3 is 2.66 bits per heavy atom. The van der Waals surface area contributed by atoms with E-state index in [0.29, 0.717) is 6.61 Å². The highest BCUT2D eigenvalue weighted by Gasteiger charge is 2.08. The molecule has 0 saturated heterocycles. The molecule has 5 nitrogen and oxygen atoms in total. The molecule has 4 aromatic rings. The topological polar surface area (TPSA) is 63.2 Å². The zero-order valence-corrected chi connectivity index (χ0v) is 17.0. The molecule has 6 heteroatoms. The summed E-state index contributed by atoms with van der Waals surface area (Å²) in [5.41, 5.74) is 4.50. The summed E-state index contributed by atoms with van der Waals surface area (Å²) >= 11 is 1.63. The van der Waals surface area contributed by atoms with E-state index in [0.717, 1.165) is 43.5 Å². The largest absolute Gasteiger partial charge is 0.486 e. The van der Waals surface area contributed by atoms with Crippen LogP contribution in [0.3, 0.4) is 0 Å². The average molecular weight is 404 g/mol. The van der Waals surface area contributed by atoms with Crippen LogP contribution < -0.4 is 15.4 Å². The number of aromatic nitrogens is 1. The van der Waals surface area contributed by atoms with Crippen LogP contribution in [0, 0.1) is 13.8 Å². The van der Waals surface area contributed by atoms with Crippen molar-refractivity contribution in [3.8, 4) is 5.75 Å². The van der Waals surface area contributed by atoms with Gasteiger partial charge in [-0.05, 0) is 67.4 Å². The van der Waals surface area contributed by atoms with Crippen molar-refractivity contribution < 1.29 is 9.53 Å².